The van der Waals surface area contributed by atoms with Crippen LogP contribution < -0.4 is 20.4 Å². The summed E-state index contributed by atoms with van der Waals surface area (Å²) in [4.78, 5) is 27.6. The molecule has 1 heterocycles. The van der Waals surface area contributed by atoms with Crippen molar-refractivity contribution in [2.45, 2.75) is 25.4 Å². The number of urea groups is 1. The minimum absolute atomic E-state index is 0.286. The number of halogens is 3. The maximum atomic E-state index is 12.4. The highest BCUT2D eigenvalue weighted by molar-refractivity contribution is 5.87. The molecule has 184 valence electrons. The van der Waals surface area contributed by atoms with Crippen LogP contribution >= 0.6 is 0 Å². The number of nitrogens with zero attached hydrogens (tertiary/aromatic N) is 2. The molecule has 1 aliphatic heterocycles. The van der Waals surface area contributed by atoms with Crippen molar-refractivity contribution >= 4 is 17.6 Å². The van der Waals surface area contributed by atoms with Crippen LogP contribution in [0.15, 0.2) is 48.5 Å². The fraction of sp³-hybridized carbons (Fsp3) is 0.364. The minimum atomic E-state index is -4.74. The van der Waals surface area contributed by atoms with E-state index in [4.69, 9.17) is 5.21 Å². The number of hydrogen-bond acceptors (Lipinski definition) is 6. The normalized spacial score (nSPS) is 15.9. The molecule has 3 amide bonds. The van der Waals surface area contributed by atoms with Gasteiger partial charge in [-0.05, 0) is 42.3 Å². The quantitative estimate of drug-likeness (QED) is 0.371. The first-order chi connectivity index (χ1) is 16.1. The van der Waals surface area contributed by atoms with Crippen LogP contribution in [0.5, 0.6) is 5.75 Å². The zero-order valence-corrected chi connectivity index (χ0v) is 18.2. The van der Waals surface area contributed by atoms with Gasteiger partial charge in [-0.3, -0.25) is 10.0 Å². The molecular weight excluding hydrogens is 457 g/mol. The second-order valence-corrected chi connectivity index (χ2v) is 7.74. The lowest BCUT2D eigenvalue weighted by atomic mass is 10.0. The van der Waals surface area contributed by atoms with E-state index in [0.29, 0.717) is 26.2 Å². The predicted molar refractivity (Wildman–Crippen MR) is 116 cm³/mol. The first kappa shape index (κ1) is 25.1. The van der Waals surface area contributed by atoms with E-state index >= 15 is 0 Å². The number of hydrogen-bond donors (Lipinski definition) is 4. The van der Waals surface area contributed by atoms with Crippen LogP contribution in [0.4, 0.5) is 23.7 Å². The topological polar surface area (TPSA) is 114 Å². The number of benzene rings is 2. The third-order valence-electron chi connectivity index (χ3n) is 5.37. The number of piperazine rings is 1. The number of hydroxylamine groups is 1. The number of amides is 3. The van der Waals surface area contributed by atoms with E-state index < -0.39 is 30.4 Å². The largest absolute Gasteiger partial charge is 0.573 e. The lowest BCUT2D eigenvalue weighted by Crippen LogP contribution is -2.58. The monoisotopic (exact) mass is 482 g/mol. The molecule has 0 bridgehead atoms. The van der Waals surface area contributed by atoms with Crippen molar-refractivity contribution in [3.05, 3.63) is 48.5 Å². The summed E-state index contributed by atoms with van der Waals surface area (Å²) in [5, 5.41) is 20.8. The molecule has 0 aliphatic carbocycles. The molecule has 1 saturated heterocycles. The van der Waals surface area contributed by atoms with Crippen LogP contribution in [0.3, 0.4) is 0 Å². The molecule has 9 nitrogen and oxygen atoms in total. The van der Waals surface area contributed by atoms with Crippen molar-refractivity contribution in [2.24, 2.45) is 0 Å². The summed E-state index contributed by atoms with van der Waals surface area (Å²) in [6, 6.07) is 11.3. The molecule has 4 N–H and O–H groups in total. The summed E-state index contributed by atoms with van der Waals surface area (Å²) < 4.78 is 40.8. The molecule has 2 aromatic carbocycles. The Kier molecular flexibility index (Phi) is 7.84. The van der Waals surface area contributed by atoms with Gasteiger partial charge in [0.05, 0.1) is 6.10 Å². The van der Waals surface area contributed by atoms with Crippen molar-refractivity contribution in [1.29, 1.82) is 0 Å². The van der Waals surface area contributed by atoms with Gasteiger partial charge in [0.25, 0.3) is 5.91 Å². The number of rotatable bonds is 6. The van der Waals surface area contributed by atoms with Crippen molar-refractivity contribution in [3.8, 4) is 16.9 Å². The Morgan fingerprint density at radius 1 is 0.971 bits per heavy atom. The van der Waals surface area contributed by atoms with Gasteiger partial charge >= 0.3 is 12.4 Å². The summed E-state index contributed by atoms with van der Waals surface area (Å²) in [7, 11) is 0. The van der Waals surface area contributed by atoms with Gasteiger partial charge in [0, 0.05) is 31.9 Å². The second kappa shape index (κ2) is 10.6. The molecule has 2 aromatic rings. The van der Waals surface area contributed by atoms with Gasteiger partial charge in [-0.15, -0.1) is 13.2 Å². The average Bonchev–Trinajstić information content (AvgIpc) is 2.81. The standard InChI is InChI=1S/C22H25F3N4O5/c1-14(30)19(20(31)27-33)26-21(32)29-12-10-28(11-13-29)17-6-2-15(3-7-17)16-4-8-18(9-5-16)34-22(23,24)25/h2-9,14,19,30,33H,10-13H2,1H3,(H,26,32)(H,27,31)/t14-,19+/m1/s1. The third-order valence-corrected chi connectivity index (χ3v) is 5.37. The van der Waals surface area contributed by atoms with E-state index in [1.807, 2.05) is 24.3 Å². The maximum absolute atomic E-state index is 12.4. The van der Waals surface area contributed by atoms with Crippen LogP contribution in [0.1, 0.15) is 6.92 Å². The number of aliphatic hydroxyl groups excluding tert-OH is 1. The molecule has 0 radical (unpaired) electrons. The first-order valence-electron chi connectivity index (χ1n) is 10.5. The molecule has 0 saturated carbocycles. The Bertz CT molecular complexity index is 976. The summed E-state index contributed by atoms with van der Waals surface area (Å²) in [5.41, 5.74) is 3.90. The predicted octanol–water partition coefficient (Wildman–Crippen LogP) is 2.34. The maximum Gasteiger partial charge on any atom is 0.573 e. The highest BCUT2D eigenvalue weighted by atomic mass is 19.4. The second-order valence-electron chi connectivity index (χ2n) is 7.74. The summed E-state index contributed by atoms with van der Waals surface area (Å²) in [5.74, 6) is -1.20. The van der Waals surface area contributed by atoms with Crippen molar-refractivity contribution in [3.63, 3.8) is 0 Å². The fourth-order valence-corrected chi connectivity index (χ4v) is 3.58. The lowest BCUT2D eigenvalue weighted by molar-refractivity contribution is -0.274. The highest BCUT2D eigenvalue weighted by Crippen LogP contribution is 2.28. The van der Waals surface area contributed by atoms with Gasteiger partial charge in [-0.2, -0.15) is 0 Å². The van der Waals surface area contributed by atoms with Crippen LogP contribution in [0.2, 0.25) is 0 Å². The van der Waals surface area contributed by atoms with Crippen LogP contribution in [0.25, 0.3) is 11.1 Å². The van der Waals surface area contributed by atoms with Gasteiger partial charge in [-0.1, -0.05) is 24.3 Å². The van der Waals surface area contributed by atoms with E-state index in [1.54, 1.807) is 12.1 Å². The molecular formula is C22H25F3N4O5. The van der Waals surface area contributed by atoms with E-state index in [9.17, 15) is 27.9 Å². The molecule has 0 unspecified atom stereocenters. The third kappa shape index (κ3) is 6.51. The molecule has 34 heavy (non-hydrogen) atoms. The number of carbonyl (C=O) groups is 2. The Morgan fingerprint density at radius 3 is 1.97 bits per heavy atom. The van der Waals surface area contributed by atoms with E-state index in [-0.39, 0.29) is 5.75 Å². The van der Waals surface area contributed by atoms with E-state index in [2.05, 4.69) is 15.0 Å². The zero-order chi connectivity index (χ0) is 24.9. The number of ether oxygens (including phenoxy) is 1. The molecule has 1 fully saturated rings. The Hall–Kier alpha value is -3.51. The van der Waals surface area contributed by atoms with Gasteiger partial charge < -0.3 is 25.0 Å². The van der Waals surface area contributed by atoms with Crippen molar-refractivity contribution in [2.75, 3.05) is 31.1 Å². The van der Waals surface area contributed by atoms with Gasteiger partial charge in [0.1, 0.15) is 11.8 Å². The summed E-state index contributed by atoms with van der Waals surface area (Å²) in [6.07, 6.45) is -5.93. The Balaban J connectivity index is 1.56. The zero-order valence-electron chi connectivity index (χ0n) is 18.2. The fourth-order valence-electron chi connectivity index (χ4n) is 3.58. The van der Waals surface area contributed by atoms with Crippen LogP contribution in [-0.2, 0) is 4.79 Å². The van der Waals surface area contributed by atoms with E-state index in [0.717, 1.165) is 16.8 Å². The van der Waals surface area contributed by atoms with Gasteiger partial charge in [0.2, 0.25) is 0 Å². The number of nitrogens with one attached hydrogen (secondary N) is 2. The van der Waals surface area contributed by atoms with Gasteiger partial charge in [0.15, 0.2) is 0 Å². The molecule has 2 atom stereocenters. The first-order valence-corrected chi connectivity index (χ1v) is 10.5. The summed E-state index contributed by atoms with van der Waals surface area (Å²) >= 11 is 0. The number of alkyl halides is 3. The number of aliphatic hydroxyl groups is 1. The smallest absolute Gasteiger partial charge is 0.406 e. The Morgan fingerprint density at radius 2 is 1.50 bits per heavy atom. The van der Waals surface area contributed by atoms with Crippen molar-refractivity contribution < 1.29 is 37.8 Å². The molecule has 1 aliphatic rings. The molecule has 3 rings (SSSR count). The number of anilines is 1. The minimum Gasteiger partial charge on any atom is -0.406 e. The molecule has 12 heteroatoms. The highest BCUT2D eigenvalue weighted by Gasteiger charge is 2.31. The van der Waals surface area contributed by atoms with Crippen LogP contribution in [-0.4, -0.2) is 71.8 Å². The lowest BCUT2D eigenvalue weighted by Gasteiger charge is -2.36. The number of carbonyl (C=O) groups excluding carboxylic acids is 2. The Labute approximate surface area is 193 Å². The van der Waals surface area contributed by atoms with E-state index in [1.165, 1.54) is 29.4 Å². The molecule has 0 aromatic heterocycles. The van der Waals surface area contributed by atoms with Crippen LogP contribution in [0, 0.1) is 0 Å². The van der Waals surface area contributed by atoms with Crippen molar-refractivity contribution in [1.82, 2.24) is 15.7 Å². The summed E-state index contributed by atoms with van der Waals surface area (Å²) in [6.45, 7) is 3.14. The van der Waals surface area contributed by atoms with Gasteiger partial charge in [-0.25, -0.2) is 10.3 Å². The SMILES string of the molecule is C[C@@H](O)[C@H](NC(=O)N1CCN(c2ccc(-c3ccc(OC(F)(F)F)cc3)cc2)CC1)C(=O)NO. The molecule has 0 spiro atoms. The average molecular weight is 482 g/mol.